The molecule has 0 spiro atoms. The van der Waals surface area contributed by atoms with Gasteiger partial charge in [0.15, 0.2) is 5.60 Å². The van der Waals surface area contributed by atoms with Gasteiger partial charge in [-0.25, -0.2) is 19.1 Å². The Hall–Kier alpha value is -8.47. The molecule has 0 bridgehead atoms. The number of cyclic esters (lactones) is 1. The summed E-state index contributed by atoms with van der Waals surface area (Å²) < 4.78 is 34.1. The summed E-state index contributed by atoms with van der Waals surface area (Å²) in [4.78, 5) is 121. The fourth-order valence-corrected chi connectivity index (χ4v) is 10.5. The van der Waals surface area contributed by atoms with E-state index in [4.69, 9.17) is 19.2 Å². The minimum atomic E-state index is -2.01. The van der Waals surface area contributed by atoms with Crippen molar-refractivity contribution < 1.29 is 62.1 Å². The quantitative estimate of drug-likeness (QED) is 0.0246. The highest BCUT2D eigenvalue weighted by atomic mass is 19.1. The molecule has 5 heterocycles. The van der Waals surface area contributed by atoms with Crippen LogP contribution in [0.4, 0.5) is 10.1 Å². The molecule has 5 aromatic rings. The normalized spacial score (nSPS) is 18.1. The van der Waals surface area contributed by atoms with Crippen molar-refractivity contribution in [2.45, 2.75) is 89.5 Å². The molecule has 1 unspecified atom stereocenters. The summed E-state index contributed by atoms with van der Waals surface area (Å²) >= 11 is 0. The molecular formula is C57H59FN8O13. The van der Waals surface area contributed by atoms with Gasteiger partial charge in [0.2, 0.25) is 29.5 Å². The molecule has 21 nitrogen and oxygen atoms in total. The van der Waals surface area contributed by atoms with Gasteiger partial charge in [-0.3, -0.25) is 38.4 Å². The number of hydrogen-bond acceptors (Lipinski definition) is 14. The number of carbonyl (C=O) groups is 8. The van der Waals surface area contributed by atoms with E-state index in [9.17, 15) is 48.3 Å². The van der Waals surface area contributed by atoms with Gasteiger partial charge in [0, 0.05) is 53.0 Å². The lowest BCUT2D eigenvalue weighted by molar-refractivity contribution is -0.172. The monoisotopic (exact) mass is 1080 g/mol. The number of esters is 1. The second-order valence-electron chi connectivity index (χ2n) is 20.1. The molecule has 412 valence electrons. The number of anilines is 1. The van der Waals surface area contributed by atoms with E-state index in [1.54, 1.807) is 79.1 Å². The fraction of sp³-hybridized carbons (Fsp3) is 0.368. The van der Waals surface area contributed by atoms with E-state index in [-0.39, 0.29) is 70.1 Å². The number of ether oxygens (including phenoxy) is 3. The molecule has 0 saturated carbocycles. The number of rotatable bonds is 22. The van der Waals surface area contributed by atoms with Crippen molar-refractivity contribution in [1.29, 1.82) is 0 Å². The molecule has 3 aromatic carbocycles. The van der Waals surface area contributed by atoms with Gasteiger partial charge in [-0.05, 0) is 78.6 Å². The van der Waals surface area contributed by atoms with E-state index < -0.39 is 95.4 Å². The molecule has 0 radical (unpaired) electrons. The molecule has 1 aliphatic carbocycles. The van der Waals surface area contributed by atoms with Gasteiger partial charge in [0.25, 0.3) is 17.4 Å². The number of hydrogen-bond donors (Lipinski definition) is 6. The number of amides is 7. The van der Waals surface area contributed by atoms with Crippen LogP contribution in [0.5, 0.6) is 0 Å². The number of carbonyl (C=O) groups excluding carboxylic acids is 8. The third kappa shape index (κ3) is 11.6. The minimum Gasteiger partial charge on any atom is -0.458 e. The van der Waals surface area contributed by atoms with Crippen molar-refractivity contribution in [3.05, 3.63) is 140 Å². The maximum Gasteiger partial charge on any atom is 0.343 e. The molecule has 79 heavy (non-hydrogen) atoms. The van der Waals surface area contributed by atoms with Crippen molar-refractivity contribution in [2.24, 2.45) is 0 Å². The van der Waals surface area contributed by atoms with Crippen molar-refractivity contribution in [3.63, 3.8) is 0 Å². The molecule has 9 rings (SSSR count). The topological polar surface area (TPSA) is 283 Å². The number of nitrogens with zero attached hydrogens (tertiary/aromatic N) is 3. The lowest BCUT2D eigenvalue weighted by Gasteiger charge is -2.37. The van der Waals surface area contributed by atoms with Gasteiger partial charge in [0.1, 0.15) is 25.2 Å². The zero-order chi connectivity index (χ0) is 56.2. The number of benzene rings is 3. The van der Waals surface area contributed by atoms with E-state index in [0.717, 1.165) is 32.5 Å². The van der Waals surface area contributed by atoms with E-state index >= 15 is 4.39 Å². The Morgan fingerprint density at radius 3 is 2.24 bits per heavy atom. The molecule has 3 atom stereocenters. The van der Waals surface area contributed by atoms with Crippen LogP contribution >= 0.6 is 0 Å². The SMILES string of the molecule is CC[C@@]1(O)C(=O)OCc2c1cc1n(c2=O)Cc2c-1nc1cc(F)c(C)c3c1c2C(C)(COCCOCNC(=O)CNC(=O)[C@H](Cc1ccccc1)NC(=O)CNC(=O)CNC(=O)CCc1ccc(N2C(=O)C=CC2=O)cc1)CC3. The van der Waals surface area contributed by atoms with Crippen LogP contribution in [0.3, 0.4) is 0 Å². The Balaban J connectivity index is 0.725. The zero-order valence-corrected chi connectivity index (χ0v) is 43.8. The number of aryl methyl sites for hydroxylation is 2. The van der Waals surface area contributed by atoms with Gasteiger partial charge in [-0.15, -0.1) is 0 Å². The van der Waals surface area contributed by atoms with E-state index in [1.807, 2.05) is 0 Å². The number of fused-ring (bicyclic) bond motifs is 5. The number of pyridine rings is 2. The van der Waals surface area contributed by atoms with E-state index in [1.165, 1.54) is 18.2 Å². The summed E-state index contributed by atoms with van der Waals surface area (Å²) in [5.74, 6) is -5.12. The van der Waals surface area contributed by atoms with Crippen molar-refractivity contribution >= 4 is 63.9 Å². The smallest absolute Gasteiger partial charge is 0.343 e. The standard InChI is InChI=1S/C57H59FN8O13/c1-4-57(76)39-23-43-52-37(28-65(43)54(74)38(39)29-79-55(57)75)51-50-36(32(2)40(58)24-41(50)64-52)18-19-56(51,3)30-77-20-21-78-31-62-46(69)26-61-53(73)42(22-34-8-6-5-7-9-34)63-47(70)27-60-45(68)25-59-44(67)15-12-33-10-13-35(14-11-33)66-48(71)16-17-49(66)72/h5-11,13-14,16-17,23-24,42,76H,4,12,15,18-22,25-31H2,1-3H3,(H,59,67)(H,60,68)(H,61,73)(H,62,69)(H,63,70)/t42-,56?,57-/m0/s1. The maximum absolute atomic E-state index is 15.5. The van der Waals surface area contributed by atoms with Crippen LogP contribution in [-0.2, 0) is 96.0 Å². The van der Waals surface area contributed by atoms with Crippen molar-refractivity contribution in [3.8, 4) is 11.4 Å². The minimum absolute atomic E-state index is 0.0136. The van der Waals surface area contributed by atoms with Gasteiger partial charge in [0.05, 0.1) is 74.2 Å². The highest BCUT2D eigenvalue weighted by molar-refractivity contribution is 6.28. The molecule has 7 amide bonds. The predicted octanol–water partition coefficient (Wildman–Crippen LogP) is 1.98. The van der Waals surface area contributed by atoms with E-state index in [0.29, 0.717) is 53.0 Å². The van der Waals surface area contributed by atoms with Gasteiger partial charge in [-0.2, -0.15) is 0 Å². The molecule has 22 heteroatoms. The van der Waals surface area contributed by atoms with Crippen LogP contribution < -0.4 is 37.0 Å². The highest BCUT2D eigenvalue weighted by Crippen LogP contribution is 2.49. The lowest BCUT2D eigenvalue weighted by Crippen LogP contribution is -2.52. The average molecular weight is 1080 g/mol. The molecule has 2 aromatic heterocycles. The number of imide groups is 1. The maximum atomic E-state index is 15.5. The number of halogens is 1. The summed E-state index contributed by atoms with van der Waals surface area (Å²) in [5.41, 5.74) is 3.51. The first kappa shape index (κ1) is 55.3. The summed E-state index contributed by atoms with van der Waals surface area (Å²) in [6, 6.07) is 17.3. The first-order valence-corrected chi connectivity index (χ1v) is 25.9. The molecule has 4 aliphatic rings. The Labute approximate surface area is 452 Å². The van der Waals surface area contributed by atoms with Crippen LogP contribution in [0.2, 0.25) is 0 Å². The lowest BCUT2D eigenvalue weighted by atomic mass is 9.69. The molecule has 6 N–H and O–H groups in total. The Morgan fingerprint density at radius 2 is 1.51 bits per heavy atom. The summed E-state index contributed by atoms with van der Waals surface area (Å²) in [6.45, 7) is 4.16. The largest absolute Gasteiger partial charge is 0.458 e. The number of aliphatic hydroxyl groups is 1. The van der Waals surface area contributed by atoms with Gasteiger partial charge >= 0.3 is 5.97 Å². The van der Waals surface area contributed by atoms with Crippen molar-refractivity contribution in [2.75, 3.05) is 51.1 Å². The third-order valence-corrected chi connectivity index (χ3v) is 14.9. The third-order valence-electron chi connectivity index (χ3n) is 14.9. The Kier molecular flexibility index (Phi) is 16.3. The van der Waals surface area contributed by atoms with Crippen molar-refractivity contribution in [1.82, 2.24) is 36.1 Å². The molecule has 3 aliphatic heterocycles. The van der Waals surface area contributed by atoms with Gasteiger partial charge < -0.3 is 50.5 Å². The van der Waals surface area contributed by atoms with Crippen LogP contribution in [0, 0.1) is 12.7 Å². The number of nitrogens with one attached hydrogen (secondary N) is 5. The fourth-order valence-electron chi connectivity index (χ4n) is 10.5. The highest BCUT2D eigenvalue weighted by Gasteiger charge is 2.47. The Bertz CT molecular complexity index is 3380. The van der Waals surface area contributed by atoms with Crippen LogP contribution in [0.15, 0.2) is 83.7 Å². The summed E-state index contributed by atoms with van der Waals surface area (Å²) in [5, 5.41) is 24.8. The van der Waals surface area contributed by atoms with Crippen LogP contribution in [-0.4, -0.2) is 114 Å². The summed E-state index contributed by atoms with van der Waals surface area (Å²) in [7, 11) is 0. The number of aromatic nitrogens is 2. The second-order valence-corrected chi connectivity index (χ2v) is 20.1. The molecule has 0 saturated heterocycles. The molecular weight excluding hydrogens is 1020 g/mol. The van der Waals surface area contributed by atoms with Crippen LogP contribution in [0.25, 0.3) is 22.3 Å². The average Bonchev–Trinajstić information content (AvgIpc) is 3.21. The Morgan fingerprint density at radius 1 is 0.823 bits per heavy atom. The van der Waals surface area contributed by atoms with E-state index in [2.05, 4.69) is 33.5 Å². The summed E-state index contributed by atoms with van der Waals surface area (Å²) in [6.07, 6.45) is 3.92. The van der Waals surface area contributed by atoms with Crippen LogP contribution in [0.1, 0.15) is 77.6 Å². The first-order valence-electron chi connectivity index (χ1n) is 25.9. The zero-order valence-electron chi connectivity index (χ0n) is 43.8. The first-order chi connectivity index (χ1) is 37.9. The van der Waals surface area contributed by atoms with Gasteiger partial charge in [-0.1, -0.05) is 56.3 Å². The second kappa shape index (κ2) is 23.2. The molecule has 0 fully saturated rings. The predicted molar refractivity (Wildman–Crippen MR) is 282 cm³/mol.